The fourth-order valence-electron chi connectivity index (χ4n) is 1.43. The summed E-state index contributed by atoms with van der Waals surface area (Å²) in [5, 5.41) is 0. The van der Waals surface area contributed by atoms with Crippen LogP contribution in [0.15, 0.2) is 18.7 Å². The molecule has 5 nitrogen and oxygen atoms in total. The van der Waals surface area contributed by atoms with Crippen LogP contribution in [0.25, 0.3) is 5.57 Å². The fraction of sp³-hybridized carbons (Fsp3) is 0.250. The fourth-order valence-corrected chi connectivity index (χ4v) is 1.43. The van der Waals surface area contributed by atoms with Crippen LogP contribution in [0.5, 0.6) is 17.2 Å². The molecule has 0 heterocycles. The summed E-state index contributed by atoms with van der Waals surface area (Å²) < 4.78 is 15.4. The molecule has 0 aliphatic heterocycles. The van der Waals surface area contributed by atoms with Gasteiger partial charge in [-0.25, -0.2) is 0 Å². The molecule has 2 N–H and O–H groups in total. The van der Waals surface area contributed by atoms with Crippen molar-refractivity contribution >= 4 is 11.5 Å². The largest absolute Gasteiger partial charge is 0.496 e. The first-order valence-electron chi connectivity index (χ1n) is 4.84. The molecule has 0 saturated heterocycles. The number of primary amides is 1. The maximum absolute atomic E-state index is 11.2. The van der Waals surface area contributed by atoms with Crippen LogP contribution in [0.3, 0.4) is 0 Å². The first kappa shape index (κ1) is 12.9. The highest BCUT2D eigenvalue weighted by atomic mass is 16.5. The SMILES string of the molecule is C=C(C(N)=O)c1c(OC)cc(OC)cc1OC. The van der Waals surface area contributed by atoms with Gasteiger partial charge in [-0.05, 0) is 0 Å². The van der Waals surface area contributed by atoms with Crippen molar-refractivity contribution in [2.75, 3.05) is 21.3 Å². The van der Waals surface area contributed by atoms with E-state index in [1.54, 1.807) is 12.1 Å². The Hall–Kier alpha value is -2.17. The Morgan fingerprint density at radius 2 is 1.59 bits per heavy atom. The van der Waals surface area contributed by atoms with Gasteiger partial charge in [0.15, 0.2) is 0 Å². The summed E-state index contributed by atoms with van der Waals surface area (Å²) >= 11 is 0. The molecule has 0 fully saturated rings. The third-order valence-corrected chi connectivity index (χ3v) is 2.31. The van der Waals surface area contributed by atoms with Gasteiger partial charge >= 0.3 is 0 Å². The normalized spacial score (nSPS) is 9.59. The van der Waals surface area contributed by atoms with Crippen LogP contribution in [0.4, 0.5) is 0 Å². The van der Waals surface area contributed by atoms with Gasteiger partial charge in [0.1, 0.15) is 17.2 Å². The zero-order valence-electron chi connectivity index (χ0n) is 10.1. The number of amides is 1. The average molecular weight is 237 g/mol. The number of hydrogen-bond acceptors (Lipinski definition) is 4. The first-order chi connectivity index (χ1) is 8.04. The Labute approximate surface area is 99.8 Å². The zero-order chi connectivity index (χ0) is 13.0. The number of carbonyl (C=O) groups excluding carboxylic acids is 1. The minimum atomic E-state index is -0.633. The Kier molecular flexibility index (Phi) is 3.98. The van der Waals surface area contributed by atoms with Crippen molar-refractivity contribution in [2.24, 2.45) is 5.73 Å². The molecule has 0 aliphatic carbocycles. The van der Waals surface area contributed by atoms with Crippen molar-refractivity contribution in [1.82, 2.24) is 0 Å². The van der Waals surface area contributed by atoms with E-state index in [1.807, 2.05) is 0 Å². The highest BCUT2D eigenvalue weighted by Crippen LogP contribution is 2.37. The van der Waals surface area contributed by atoms with Crippen molar-refractivity contribution < 1.29 is 19.0 Å². The van der Waals surface area contributed by atoms with Gasteiger partial charge < -0.3 is 19.9 Å². The highest BCUT2D eigenvalue weighted by molar-refractivity contribution is 6.19. The number of ether oxygens (including phenoxy) is 3. The molecule has 0 radical (unpaired) electrons. The lowest BCUT2D eigenvalue weighted by atomic mass is 10.0. The maximum atomic E-state index is 11.2. The molecule has 17 heavy (non-hydrogen) atoms. The van der Waals surface area contributed by atoms with E-state index in [4.69, 9.17) is 19.9 Å². The van der Waals surface area contributed by atoms with Gasteiger partial charge in [0, 0.05) is 17.7 Å². The van der Waals surface area contributed by atoms with Crippen LogP contribution >= 0.6 is 0 Å². The minimum Gasteiger partial charge on any atom is -0.496 e. The van der Waals surface area contributed by atoms with Crippen molar-refractivity contribution in [3.63, 3.8) is 0 Å². The molecule has 0 saturated carbocycles. The summed E-state index contributed by atoms with van der Waals surface area (Å²) in [6, 6.07) is 3.26. The van der Waals surface area contributed by atoms with E-state index < -0.39 is 5.91 Å². The number of hydrogen-bond donors (Lipinski definition) is 1. The van der Waals surface area contributed by atoms with E-state index in [1.165, 1.54) is 21.3 Å². The molecular formula is C12H15NO4. The lowest BCUT2D eigenvalue weighted by Gasteiger charge is -2.15. The zero-order valence-corrected chi connectivity index (χ0v) is 10.1. The number of methoxy groups -OCH3 is 3. The third-order valence-electron chi connectivity index (χ3n) is 2.31. The molecule has 0 atom stereocenters. The molecule has 0 aromatic heterocycles. The van der Waals surface area contributed by atoms with E-state index in [2.05, 4.69) is 6.58 Å². The molecule has 0 bridgehead atoms. The smallest absolute Gasteiger partial charge is 0.248 e. The molecule has 0 unspecified atom stereocenters. The van der Waals surface area contributed by atoms with Crippen LogP contribution < -0.4 is 19.9 Å². The molecule has 0 spiro atoms. The van der Waals surface area contributed by atoms with Crippen molar-refractivity contribution in [1.29, 1.82) is 0 Å². The Morgan fingerprint density at radius 1 is 1.12 bits per heavy atom. The number of rotatable bonds is 5. The molecule has 1 aromatic rings. The van der Waals surface area contributed by atoms with Gasteiger partial charge in [-0.15, -0.1) is 0 Å². The minimum absolute atomic E-state index is 0.126. The number of nitrogens with two attached hydrogens (primary N) is 1. The topological polar surface area (TPSA) is 70.8 Å². The molecule has 1 aromatic carbocycles. The molecule has 5 heteroatoms. The van der Waals surface area contributed by atoms with Gasteiger partial charge in [-0.2, -0.15) is 0 Å². The second kappa shape index (κ2) is 5.25. The summed E-state index contributed by atoms with van der Waals surface area (Å²) in [6.45, 7) is 3.62. The van der Waals surface area contributed by atoms with Crippen molar-refractivity contribution in [3.05, 3.63) is 24.3 Å². The monoisotopic (exact) mass is 237 g/mol. The Balaban J connectivity index is 3.44. The van der Waals surface area contributed by atoms with Crippen molar-refractivity contribution in [2.45, 2.75) is 0 Å². The van der Waals surface area contributed by atoms with Gasteiger partial charge in [-0.3, -0.25) is 4.79 Å². The second-order valence-electron chi connectivity index (χ2n) is 3.25. The van der Waals surface area contributed by atoms with Gasteiger partial charge in [-0.1, -0.05) is 6.58 Å². The van der Waals surface area contributed by atoms with Gasteiger partial charge in [0.05, 0.1) is 26.9 Å². The summed E-state index contributed by atoms with van der Waals surface area (Å²) in [5.74, 6) is 0.765. The van der Waals surface area contributed by atoms with Crippen LogP contribution in [-0.2, 0) is 4.79 Å². The summed E-state index contributed by atoms with van der Waals surface area (Å²) in [4.78, 5) is 11.2. The highest BCUT2D eigenvalue weighted by Gasteiger charge is 2.18. The predicted octanol–water partition coefficient (Wildman–Crippen LogP) is 1.21. The van der Waals surface area contributed by atoms with E-state index in [-0.39, 0.29) is 5.57 Å². The lowest BCUT2D eigenvalue weighted by Crippen LogP contribution is -2.13. The first-order valence-corrected chi connectivity index (χ1v) is 4.84. The molecule has 92 valence electrons. The van der Waals surface area contributed by atoms with Crippen LogP contribution in [0, 0.1) is 0 Å². The number of carbonyl (C=O) groups is 1. The lowest BCUT2D eigenvalue weighted by molar-refractivity contribution is -0.112. The number of benzene rings is 1. The van der Waals surface area contributed by atoms with Crippen LogP contribution in [-0.4, -0.2) is 27.2 Å². The second-order valence-corrected chi connectivity index (χ2v) is 3.25. The van der Waals surface area contributed by atoms with E-state index in [9.17, 15) is 4.79 Å². The summed E-state index contributed by atoms with van der Waals surface area (Å²) in [6.07, 6.45) is 0. The third kappa shape index (κ3) is 2.50. The Morgan fingerprint density at radius 3 is 1.88 bits per heavy atom. The van der Waals surface area contributed by atoms with E-state index >= 15 is 0 Å². The van der Waals surface area contributed by atoms with Gasteiger partial charge in [0.25, 0.3) is 0 Å². The molecular weight excluding hydrogens is 222 g/mol. The average Bonchev–Trinajstić information content (AvgIpc) is 2.35. The van der Waals surface area contributed by atoms with Crippen LogP contribution in [0.1, 0.15) is 5.56 Å². The van der Waals surface area contributed by atoms with E-state index in [0.717, 1.165) is 0 Å². The molecule has 1 rings (SSSR count). The summed E-state index contributed by atoms with van der Waals surface area (Å²) in [5.41, 5.74) is 5.76. The van der Waals surface area contributed by atoms with E-state index in [0.29, 0.717) is 22.8 Å². The summed E-state index contributed by atoms with van der Waals surface area (Å²) in [7, 11) is 4.48. The standard InChI is InChI=1S/C12H15NO4/c1-7(12(13)14)11-9(16-3)5-8(15-2)6-10(11)17-4/h5-6H,1H2,2-4H3,(H2,13,14). The predicted molar refractivity (Wildman–Crippen MR) is 64.3 cm³/mol. The van der Waals surface area contributed by atoms with Crippen molar-refractivity contribution in [3.8, 4) is 17.2 Å². The molecule has 1 amide bonds. The maximum Gasteiger partial charge on any atom is 0.248 e. The Bertz CT molecular complexity index is 429. The quantitative estimate of drug-likeness (QED) is 0.781. The van der Waals surface area contributed by atoms with Gasteiger partial charge in [0.2, 0.25) is 5.91 Å². The molecule has 0 aliphatic rings. The van der Waals surface area contributed by atoms with Crippen LogP contribution in [0.2, 0.25) is 0 Å².